The maximum atomic E-state index is 10.8. The molecule has 0 saturated heterocycles. The molecule has 2 aromatic rings. The van der Waals surface area contributed by atoms with Crippen molar-refractivity contribution in [2.24, 2.45) is 0 Å². The highest BCUT2D eigenvalue weighted by Gasteiger charge is 2.25. The van der Waals surface area contributed by atoms with Crippen LogP contribution in [0, 0.1) is 11.8 Å². The quantitative estimate of drug-likeness (QED) is 0.823. The van der Waals surface area contributed by atoms with Crippen LogP contribution < -0.4 is 0 Å². The Morgan fingerprint density at radius 3 is 2.11 bits per heavy atom. The van der Waals surface area contributed by atoms with E-state index >= 15 is 0 Å². The highest BCUT2D eigenvalue weighted by atomic mass is 16.3. The van der Waals surface area contributed by atoms with Crippen LogP contribution in [-0.2, 0) is 5.60 Å². The number of hydrogen-bond donors (Lipinski definition) is 1. The third kappa shape index (κ3) is 3.47. The Hall–Kier alpha value is -2.04. The van der Waals surface area contributed by atoms with Gasteiger partial charge in [-0.05, 0) is 24.1 Å². The second-order valence-electron chi connectivity index (χ2n) is 4.59. The smallest absolute Gasteiger partial charge is 0.151 e. The summed E-state index contributed by atoms with van der Waals surface area (Å²) in [5.74, 6) is 6.10. The van der Waals surface area contributed by atoms with Crippen molar-refractivity contribution in [3.8, 4) is 11.8 Å². The summed E-state index contributed by atoms with van der Waals surface area (Å²) in [7, 11) is 0. The molecule has 0 aliphatic heterocycles. The maximum absolute atomic E-state index is 10.8. The summed E-state index contributed by atoms with van der Waals surface area (Å²) >= 11 is 0. The highest BCUT2D eigenvalue weighted by Crippen LogP contribution is 2.25. The van der Waals surface area contributed by atoms with Gasteiger partial charge in [-0.1, -0.05) is 73.7 Å². The molecule has 96 valence electrons. The van der Waals surface area contributed by atoms with E-state index in [0.29, 0.717) is 6.42 Å². The molecule has 1 nitrogen and oxygen atoms in total. The van der Waals surface area contributed by atoms with Crippen LogP contribution in [0.5, 0.6) is 0 Å². The molecule has 2 aromatic carbocycles. The van der Waals surface area contributed by atoms with E-state index < -0.39 is 5.60 Å². The van der Waals surface area contributed by atoms with Crippen LogP contribution in [0.4, 0.5) is 0 Å². The molecule has 2 rings (SSSR count). The summed E-state index contributed by atoms with van der Waals surface area (Å²) in [6.45, 7) is 2.05. The zero-order valence-electron chi connectivity index (χ0n) is 11.1. The topological polar surface area (TPSA) is 20.2 Å². The molecule has 1 N–H and O–H groups in total. The first kappa shape index (κ1) is 13.4. The first-order valence-electron chi connectivity index (χ1n) is 6.61. The van der Waals surface area contributed by atoms with E-state index in [1.54, 1.807) is 0 Å². The Labute approximate surface area is 114 Å². The Balaban J connectivity index is 2.34. The van der Waals surface area contributed by atoms with Gasteiger partial charge < -0.3 is 5.11 Å². The summed E-state index contributed by atoms with van der Waals surface area (Å²) in [5.41, 5.74) is 0.722. The fraction of sp³-hybridized carbons (Fsp3) is 0.222. The molecule has 0 bridgehead atoms. The lowest BCUT2D eigenvalue weighted by molar-refractivity contribution is 0.0894. The van der Waals surface area contributed by atoms with E-state index in [-0.39, 0.29) is 0 Å². The van der Waals surface area contributed by atoms with Gasteiger partial charge in [0, 0.05) is 5.56 Å². The Bertz CT molecular complexity index is 563. The molecule has 0 aromatic heterocycles. The summed E-state index contributed by atoms with van der Waals surface area (Å²) in [4.78, 5) is 0. The molecular weight excluding hydrogens is 232 g/mol. The normalized spacial score (nSPS) is 13.2. The zero-order valence-corrected chi connectivity index (χ0v) is 11.1. The lowest BCUT2D eigenvalue weighted by Gasteiger charge is -2.22. The SMILES string of the molecule is CCCC(O)(C#Cc1ccccc1)c1ccccc1. The number of hydrogen-bond acceptors (Lipinski definition) is 1. The molecule has 0 aliphatic rings. The number of benzene rings is 2. The van der Waals surface area contributed by atoms with Crippen LogP contribution in [0.3, 0.4) is 0 Å². The highest BCUT2D eigenvalue weighted by molar-refractivity contribution is 5.39. The van der Waals surface area contributed by atoms with Gasteiger partial charge in [0.05, 0.1) is 0 Å². The monoisotopic (exact) mass is 250 g/mol. The van der Waals surface area contributed by atoms with E-state index in [9.17, 15) is 5.11 Å². The molecule has 19 heavy (non-hydrogen) atoms. The van der Waals surface area contributed by atoms with Crippen molar-refractivity contribution in [3.05, 3.63) is 71.8 Å². The van der Waals surface area contributed by atoms with E-state index in [0.717, 1.165) is 17.5 Å². The fourth-order valence-corrected chi connectivity index (χ4v) is 2.05. The molecule has 0 fully saturated rings. The molecule has 0 saturated carbocycles. The van der Waals surface area contributed by atoms with Crippen LogP contribution in [0.15, 0.2) is 60.7 Å². The van der Waals surface area contributed by atoms with Crippen molar-refractivity contribution in [1.82, 2.24) is 0 Å². The fourth-order valence-electron chi connectivity index (χ4n) is 2.05. The standard InChI is InChI=1S/C18H18O/c1-2-14-18(19,17-11-7-4-8-12-17)15-13-16-9-5-3-6-10-16/h3-12,19H,2,14H2,1H3. The van der Waals surface area contributed by atoms with Crippen molar-refractivity contribution in [3.63, 3.8) is 0 Å². The average molecular weight is 250 g/mol. The van der Waals surface area contributed by atoms with Gasteiger partial charge in [-0.25, -0.2) is 0 Å². The predicted octanol–water partition coefficient (Wildman–Crippen LogP) is 3.73. The Morgan fingerprint density at radius 1 is 0.947 bits per heavy atom. The largest absolute Gasteiger partial charge is 0.373 e. The summed E-state index contributed by atoms with van der Waals surface area (Å²) in [6.07, 6.45) is 1.52. The van der Waals surface area contributed by atoms with E-state index in [1.807, 2.05) is 60.7 Å². The van der Waals surface area contributed by atoms with Crippen molar-refractivity contribution in [2.45, 2.75) is 25.4 Å². The van der Waals surface area contributed by atoms with Gasteiger partial charge >= 0.3 is 0 Å². The first-order chi connectivity index (χ1) is 9.24. The minimum absolute atomic E-state index is 0.636. The number of rotatable bonds is 3. The summed E-state index contributed by atoms with van der Waals surface area (Å²) in [5, 5.41) is 10.8. The summed E-state index contributed by atoms with van der Waals surface area (Å²) in [6, 6.07) is 19.4. The third-order valence-corrected chi connectivity index (χ3v) is 3.05. The lowest BCUT2D eigenvalue weighted by atomic mass is 9.89. The number of aliphatic hydroxyl groups is 1. The van der Waals surface area contributed by atoms with Crippen molar-refractivity contribution in [1.29, 1.82) is 0 Å². The van der Waals surface area contributed by atoms with Crippen molar-refractivity contribution >= 4 is 0 Å². The minimum Gasteiger partial charge on any atom is -0.373 e. The van der Waals surface area contributed by atoms with Crippen LogP contribution in [0.2, 0.25) is 0 Å². The molecule has 0 radical (unpaired) electrons. The van der Waals surface area contributed by atoms with Crippen molar-refractivity contribution in [2.75, 3.05) is 0 Å². The van der Waals surface area contributed by atoms with Gasteiger partial charge in [0.15, 0.2) is 5.60 Å². The second kappa shape index (κ2) is 6.22. The zero-order chi connectivity index (χ0) is 13.6. The average Bonchev–Trinajstić information content (AvgIpc) is 2.48. The van der Waals surface area contributed by atoms with Crippen molar-refractivity contribution < 1.29 is 5.11 Å². The van der Waals surface area contributed by atoms with E-state index in [4.69, 9.17) is 0 Å². The maximum Gasteiger partial charge on any atom is 0.151 e. The third-order valence-electron chi connectivity index (χ3n) is 3.05. The van der Waals surface area contributed by atoms with Gasteiger partial charge in [0.1, 0.15) is 0 Å². The first-order valence-corrected chi connectivity index (χ1v) is 6.61. The Kier molecular flexibility index (Phi) is 4.39. The van der Waals surface area contributed by atoms with E-state index in [1.165, 1.54) is 0 Å². The summed E-state index contributed by atoms with van der Waals surface area (Å²) < 4.78 is 0. The molecule has 1 unspecified atom stereocenters. The minimum atomic E-state index is -1.06. The van der Waals surface area contributed by atoms with Crippen LogP contribution >= 0.6 is 0 Å². The Morgan fingerprint density at radius 2 is 1.53 bits per heavy atom. The molecule has 0 amide bonds. The van der Waals surface area contributed by atoms with Gasteiger partial charge in [0.2, 0.25) is 0 Å². The molecule has 0 aliphatic carbocycles. The molecular formula is C18H18O. The van der Waals surface area contributed by atoms with E-state index in [2.05, 4.69) is 18.8 Å². The van der Waals surface area contributed by atoms with Gasteiger partial charge in [-0.15, -0.1) is 0 Å². The molecule has 0 heterocycles. The van der Waals surface area contributed by atoms with Gasteiger partial charge in [-0.3, -0.25) is 0 Å². The van der Waals surface area contributed by atoms with Crippen LogP contribution in [0.25, 0.3) is 0 Å². The molecule has 0 spiro atoms. The molecule has 1 atom stereocenters. The molecule has 1 heteroatoms. The van der Waals surface area contributed by atoms with Crippen LogP contribution in [-0.4, -0.2) is 5.11 Å². The van der Waals surface area contributed by atoms with Gasteiger partial charge in [-0.2, -0.15) is 0 Å². The lowest BCUT2D eigenvalue weighted by Crippen LogP contribution is -2.23. The second-order valence-corrected chi connectivity index (χ2v) is 4.59. The predicted molar refractivity (Wildman–Crippen MR) is 78.6 cm³/mol. The van der Waals surface area contributed by atoms with Gasteiger partial charge in [0.25, 0.3) is 0 Å². The van der Waals surface area contributed by atoms with Crippen LogP contribution in [0.1, 0.15) is 30.9 Å².